The van der Waals surface area contributed by atoms with Gasteiger partial charge in [0.15, 0.2) is 4.34 Å². The van der Waals surface area contributed by atoms with Gasteiger partial charge in [0.1, 0.15) is 28.4 Å². The number of nitrogens with one attached hydrogen (secondary N) is 1. The number of hydrogen-bond acceptors (Lipinski definition) is 8. The number of fused-ring (bicyclic) bond motifs is 1. The molecule has 0 aliphatic heterocycles. The summed E-state index contributed by atoms with van der Waals surface area (Å²) in [6.45, 7) is 0.536. The molecular weight excluding hydrogens is 349 g/mol. The van der Waals surface area contributed by atoms with Crippen LogP contribution in [-0.2, 0) is 6.54 Å². The molecular formula is C15H10FN5OS2. The largest absolute Gasteiger partial charge is 0.467 e. The van der Waals surface area contributed by atoms with E-state index >= 15 is 0 Å². The quantitative estimate of drug-likeness (QED) is 0.540. The Balaban J connectivity index is 1.53. The molecule has 0 atom stereocenters. The number of hydrogen-bond donors (Lipinski definition) is 1. The zero-order valence-corrected chi connectivity index (χ0v) is 13.8. The van der Waals surface area contributed by atoms with Crippen molar-refractivity contribution >= 4 is 39.1 Å². The highest BCUT2D eigenvalue weighted by atomic mass is 32.2. The minimum absolute atomic E-state index is 0.302. The van der Waals surface area contributed by atoms with Crippen LogP contribution in [0.25, 0.3) is 10.9 Å². The molecule has 0 aliphatic carbocycles. The van der Waals surface area contributed by atoms with E-state index in [0.29, 0.717) is 31.9 Å². The number of rotatable bonds is 5. The SMILES string of the molecule is Fc1cccc2c(Sc3nnc(NCc4ccco4)s3)ncnc12. The molecule has 0 saturated carbocycles. The van der Waals surface area contributed by atoms with Gasteiger partial charge in [-0.1, -0.05) is 17.4 Å². The van der Waals surface area contributed by atoms with Gasteiger partial charge >= 0.3 is 0 Å². The van der Waals surface area contributed by atoms with E-state index in [0.717, 1.165) is 5.76 Å². The Hall–Kier alpha value is -2.52. The summed E-state index contributed by atoms with van der Waals surface area (Å²) >= 11 is 2.73. The van der Waals surface area contributed by atoms with Gasteiger partial charge in [0.05, 0.1) is 12.8 Å². The molecule has 4 aromatic rings. The van der Waals surface area contributed by atoms with E-state index in [1.165, 1.54) is 35.5 Å². The number of furan rings is 1. The van der Waals surface area contributed by atoms with Gasteiger partial charge in [-0.15, -0.1) is 10.2 Å². The summed E-state index contributed by atoms with van der Waals surface area (Å²) in [6, 6.07) is 8.52. The van der Waals surface area contributed by atoms with E-state index in [1.807, 2.05) is 12.1 Å². The molecule has 3 aromatic heterocycles. The minimum atomic E-state index is -0.366. The van der Waals surface area contributed by atoms with Gasteiger partial charge in [-0.05, 0) is 36.0 Å². The van der Waals surface area contributed by atoms with Gasteiger partial charge < -0.3 is 9.73 Å². The lowest BCUT2D eigenvalue weighted by atomic mass is 10.2. The average Bonchev–Trinajstić information content (AvgIpc) is 3.26. The van der Waals surface area contributed by atoms with E-state index in [1.54, 1.807) is 18.4 Å². The predicted octanol–water partition coefficient (Wildman–Crippen LogP) is 3.98. The third kappa shape index (κ3) is 3.08. The van der Waals surface area contributed by atoms with Crippen molar-refractivity contribution in [3.05, 3.63) is 54.5 Å². The van der Waals surface area contributed by atoms with Gasteiger partial charge in [-0.25, -0.2) is 14.4 Å². The topological polar surface area (TPSA) is 76.7 Å². The zero-order chi connectivity index (χ0) is 16.4. The van der Waals surface area contributed by atoms with Crippen LogP contribution in [0.2, 0.25) is 0 Å². The summed E-state index contributed by atoms with van der Waals surface area (Å²) in [6.07, 6.45) is 2.97. The van der Waals surface area contributed by atoms with Crippen LogP contribution in [0.1, 0.15) is 5.76 Å². The maximum atomic E-state index is 13.8. The first-order valence-electron chi connectivity index (χ1n) is 6.96. The fourth-order valence-electron chi connectivity index (χ4n) is 2.09. The second-order valence-electron chi connectivity index (χ2n) is 4.72. The van der Waals surface area contributed by atoms with Crippen LogP contribution in [-0.4, -0.2) is 20.2 Å². The monoisotopic (exact) mass is 359 g/mol. The minimum Gasteiger partial charge on any atom is -0.467 e. The number of para-hydroxylation sites is 1. The normalized spacial score (nSPS) is 11.0. The van der Waals surface area contributed by atoms with Gasteiger partial charge in [0.25, 0.3) is 0 Å². The first kappa shape index (κ1) is 15.0. The first-order chi connectivity index (χ1) is 11.8. The summed E-state index contributed by atoms with van der Waals surface area (Å²) in [5.41, 5.74) is 0.302. The Morgan fingerprint density at radius 3 is 3.00 bits per heavy atom. The zero-order valence-electron chi connectivity index (χ0n) is 12.1. The third-order valence-electron chi connectivity index (χ3n) is 3.16. The number of halogens is 1. The van der Waals surface area contributed by atoms with Crippen LogP contribution in [0.4, 0.5) is 9.52 Å². The van der Waals surface area contributed by atoms with E-state index in [9.17, 15) is 4.39 Å². The molecule has 0 unspecified atom stereocenters. The molecule has 6 nitrogen and oxygen atoms in total. The second-order valence-corrected chi connectivity index (χ2v) is 6.94. The summed E-state index contributed by atoms with van der Waals surface area (Å²) in [7, 11) is 0. The molecule has 9 heteroatoms. The molecule has 0 bridgehead atoms. The Labute approximate surface area is 144 Å². The summed E-state index contributed by atoms with van der Waals surface area (Å²) in [4.78, 5) is 8.22. The van der Waals surface area contributed by atoms with Crippen molar-refractivity contribution in [1.29, 1.82) is 0 Å². The highest BCUT2D eigenvalue weighted by molar-refractivity contribution is 8.01. The lowest BCUT2D eigenvalue weighted by molar-refractivity contribution is 0.518. The molecule has 1 N–H and O–H groups in total. The van der Waals surface area contributed by atoms with Crippen molar-refractivity contribution in [2.24, 2.45) is 0 Å². The second kappa shape index (κ2) is 6.54. The molecule has 0 radical (unpaired) electrons. The van der Waals surface area contributed by atoms with Gasteiger partial charge in [0, 0.05) is 5.39 Å². The van der Waals surface area contributed by atoms with Crippen LogP contribution >= 0.6 is 23.1 Å². The first-order valence-corrected chi connectivity index (χ1v) is 8.60. The maximum Gasteiger partial charge on any atom is 0.206 e. The number of benzene rings is 1. The Kier molecular flexibility index (Phi) is 4.09. The summed E-state index contributed by atoms with van der Waals surface area (Å²) in [5, 5.41) is 13.3. The summed E-state index contributed by atoms with van der Waals surface area (Å²) in [5.74, 6) is 0.450. The van der Waals surface area contributed by atoms with Crippen molar-refractivity contribution < 1.29 is 8.81 Å². The van der Waals surface area contributed by atoms with Crippen molar-refractivity contribution in [1.82, 2.24) is 20.2 Å². The maximum absolute atomic E-state index is 13.8. The van der Waals surface area contributed by atoms with Crippen LogP contribution in [0, 0.1) is 5.82 Å². The highest BCUT2D eigenvalue weighted by Gasteiger charge is 2.12. The molecule has 0 spiro atoms. The van der Waals surface area contributed by atoms with Crippen LogP contribution in [0.3, 0.4) is 0 Å². The van der Waals surface area contributed by atoms with E-state index in [-0.39, 0.29) is 5.82 Å². The van der Waals surface area contributed by atoms with Gasteiger partial charge in [0.2, 0.25) is 5.13 Å². The molecule has 4 rings (SSSR count). The highest BCUT2D eigenvalue weighted by Crippen LogP contribution is 2.34. The lowest BCUT2D eigenvalue weighted by Gasteiger charge is -2.02. The Bertz CT molecular complexity index is 973. The molecule has 1 aromatic carbocycles. The standard InChI is InChI=1S/C15H10FN5OS2/c16-11-5-1-4-10-12(11)18-8-19-13(10)23-15-21-20-14(24-15)17-7-9-3-2-6-22-9/h1-6,8H,7H2,(H,17,20). The molecule has 0 amide bonds. The lowest BCUT2D eigenvalue weighted by Crippen LogP contribution is -1.96. The van der Waals surface area contributed by atoms with Crippen LogP contribution in [0.15, 0.2) is 56.7 Å². The summed E-state index contributed by atoms with van der Waals surface area (Å²) < 4.78 is 19.8. The number of anilines is 1. The Morgan fingerprint density at radius 1 is 1.17 bits per heavy atom. The molecule has 24 heavy (non-hydrogen) atoms. The average molecular weight is 359 g/mol. The van der Waals surface area contributed by atoms with E-state index in [2.05, 4.69) is 25.5 Å². The third-order valence-corrected chi connectivity index (χ3v) is 5.11. The number of nitrogens with zero attached hydrogens (tertiary/aromatic N) is 4. The molecule has 0 saturated heterocycles. The van der Waals surface area contributed by atoms with Crippen molar-refractivity contribution in [3.8, 4) is 0 Å². The van der Waals surface area contributed by atoms with Crippen LogP contribution < -0.4 is 5.32 Å². The fourth-order valence-corrected chi connectivity index (χ4v) is 3.82. The van der Waals surface area contributed by atoms with Crippen LogP contribution in [0.5, 0.6) is 0 Å². The van der Waals surface area contributed by atoms with Crippen molar-refractivity contribution in [3.63, 3.8) is 0 Å². The molecule has 120 valence electrons. The van der Waals surface area contributed by atoms with E-state index < -0.39 is 0 Å². The smallest absolute Gasteiger partial charge is 0.206 e. The number of aromatic nitrogens is 4. The fraction of sp³-hybridized carbons (Fsp3) is 0.0667. The van der Waals surface area contributed by atoms with Crippen molar-refractivity contribution in [2.45, 2.75) is 15.9 Å². The van der Waals surface area contributed by atoms with Gasteiger partial charge in [-0.3, -0.25) is 0 Å². The molecule has 0 fully saturated rings. The molecule has 0 aliphatic rings. The van der Waals surface area contributed by atoms with E-state index in [4.69, 9.17) is 4.42 Å². The van der Waals surface area contributed by atoms with Gasteiger partial charge in [-0.2, -0.15) is 0 Å². The predicted molar refractivity (Wildman–Crippen MR) is 89.6 cm³/mol. The molecule has 3 heterocycles. The van der Waals surface area contributed by atoms with Crippen molar-refractivity contribution in [2.75, 3.05) is 5.32 Å². The Morgan fingerprint density at radius 2 is 2.12 bits per heavy atom.